The van der Waals surface area contributed by atoms with E-state index in [-0.39, 0.29) is 5.41 Å². The van der Waals surface area contributed by atoms with Gasteiger partial charge in [0.05, 0.1) is 0 Å². The average molecular weight is 333 g/mol. The molecule has 0 saturated heterocycles. The summed E-state index contributed by atoms with van der Waals surface area (Å²) >= 11 is 1.28. The fourth-order valence-electron chi connectivity index (χ4n) is 1.47. The lowest BCUT2D eigenvalue weighted by Gasteiger charge is -2.29. The summed E-state index contributed by atoms with van der Waals surface area (Å²) in [5.74, 6) is 0.411. The van der Waals surface area contributed by atoms with Crippen LogP contribution in [0.5, 0.6) is 0 Å². The molecule has 4 nitrogen and oxygen atoms in total. The molecule has 1 aromatic rings. The maximum absolute atomic E-state index is 12.3. The molecule has 122 valence electrons. The summed E-state index contributed by atoms with van der Waals surface area (Å²) in [7, 11) is -3.40. The topological polar surface area (TPSA) is 58.2 Å². The van der Waals surface area contributed by atoms with Crippen LogP contribution in [0.3, 0.4) is 0 Å². The maximum Gasteiger partial charge on any atom is 0.250 e. The van der Waals surface area contributed by atoms with Crippen molar-refractivity contribution in [1.29, 1.82) is 0 Å². The van der Waals surface area contributed by atoms with Gasteiger partial charge in [0.25, 0.3) is 0 Å². The highest BCUT2D eigenvalue weighted by atomic mass is 32.2. The molecule has 0 aliphatic carbocycles. The third-order valence-corrected chi connectivity index (χ3v) is 6.78. The molecule has 0 aliphatic heterocycles. The number of nitrogens with one attached hydrogen (secondary N) is 2. The van der Waals surface area contributed by atoms with Crippen molar-refractivity contribution in [2.75, 3.05) is 6.54 Å². The molecule has 21 heavy (non-hydrogen) atoms. The van der Waals surface area contributed by atoms with E-state index >= 15 is 0 Å². The summed E-state index contributed by atoms with van der Waals surface area (Å²) in [5.41, 5.74) is 0.948. The highest BCUT2D eigenvalue weighted by Crippen LogP contribution is 2.26. The monoisotopic (exact) mass is 332 g/mol. The first-order chi connectivity index (χ1) is 9.54. The van der Waals surface area contributed by atoms with E-state index in [1.54, 1.807) is 6.07 Å². The molecule has 0 radical (unpaired) electrons. The molecule has 0 aliphatic rings. The summed E-state index contributed by atoms with van der Waals surface area (Å²) in [5, 5.41) is 5.19. The van der Waals surface area contributed by atoms with Gasteiger partial charge in [0.1, 0.15) is 4.21 Å². The Labute approximate surface area is 133 Å². The van der Waals surface area contributed by atoms with E-state index in [1.165, 1.54) is 11.3 Å². The Morgan fingerprint density at radius 2 is 1.86 bits per heavy atom. The second-order valence-corrected chi connectivity index (χ2v) is 9.68. The second-order valence-electron chi connectivity index (χ2n) is 6.78. The van der Waals surface area contributed by atoms with Crippen molar-refractivity contribution in [3.05, 3.63) is 17.0 Å². The molecular weight excluding hydrogens is 304 g/mol. The molecule has 1 aromatic heterocycles. The molecule has 6 heteroatoms. The van der Waals surface area contributed by atoms with Crippen LogP contribution in [0.2, 0.25) is 0 Å². The summed E-state index contributed by atoms with van der Waals surface area (Å²) in [4.78, 5) is 0. The van der Waals surface area contributed by atoms with E-state index in [0.717, 1.165) is 5.56 Å². The van der Waals surface area contributed by atoms with E-state index < -0.39 is 10.0 Å². The Balaban J connectivity index is 2.71. The Morgan fingerprint density at radius 1 is 1.24 bits per heavy atom. The van der Waals surface area contributed by atoms with Crippen molar-refractivity contribution >= 4 is 21.4 Å². The van der Waals surface area contributed by atoms with Crippen LogP contribution in [0.25, 0.3) is 0 Å². The quantitative estimate of drug-likeness (QED) is 0.768. The van der Waals surface area contributed by atoms with Crippen LogP contribution in [0.1, 0.15) is 47.1 Å². The van der Waals surface area contributed by atoms with Crippen molar-refractivity contribution in [2.24, 2.45) is 11.3 Å². The zero-order valence-electron chi connectivity index (χ0n) is 13.9. The summed E-state index contributed by atoms with van der Waals surface area (Å²) < 4.78 is 27.8. The van der Waals surface area contributed by atoms with Crippen LogP contribution in [0.4, 0.5) is 0 Å². The number of rotatable bonds is 8. The van der Waals surface area contributed by atoms with Gasteiger partial charge in [0.2, 0.25) is 10.0 Å². The van der Waals surface area contributed by atoms with Gasteiger partial charge in [-0.3, -0.25) is 0 Å². The van der Waals surface area contributed by atoms with E-state index in [1.807, 2.05) is 5.38 Å². The van der Waals surface area contributed by atoms with Crippen LogP contribution < -0.4 is 10.0 Å². The zero-order valence-corrected chi connectivity index (χ0v) is 15.5. The van der Waals surface area contributed by atoms with Gasteiger partial charge in [0.15, 0.2) is 0 Å². The lowest BCUT2D eigenvalue weighted by molar-refractivity contribution is 0.252. The van der Waals surface area contributed by atoms with E-state index in [4.69, 9.17) is 0 Å². The molecule has 0 amide bonds. The molecule has 0 saturated carbocycles. The Morgan fingerprint density at radius 3 is 2.38 bits per heavy atom. The van der Waals surface area contributed by atoms with Crippen LogP contribution in [0, 0.1) is 11.3 Å². The lowest BCUT2D eigenvalue weighted by atomic mass is 9.81. The van der Waals surface area contributed by atoms with E-state index in [2.05, 4.69) is 51.6 Å². The summed E-state index contributed by atoms with van der Waals surface area (Å²) in [6, 6.07) is 2.14. The van der Waals surface area contributed by atoms with Crippen molar-refractivity contribution in [1.82, 2.24) is 10.0 Å². The summed E-state index contributed by atoms with van der Waals surface area (Å²) in [6.45, 7) is 13.6. The SMILES string of the molecule is CC(C)NCc1csc(S(=O)(=O)NCC(C)(C)C(C)C)c1. The first-order valence-corrected chi connectivity index (χ1v) is 9.71. The Bertz CT molecular complexity index is 546. The van der Waals surface area contributed by atoms with Gasteiger partial charge in [-0.1, -0.05) is 41.5 Å². The van der Waals surface area contributed by atoms with Crippen LogP contribution in [0.15, 0.2) is 15.7 Å². The molecule has 1 heterocycles. The number of hydrogen-bond acceptors (Lipinski definition) is 4. The zero-order chi connectivity index (χ0) is 16.3. The van der Waals surface area contributed by atoms with Crippen LogP contribution in [-0.4, -0.2) is 21.0 Å². The van der Waals surface area contributed by atoms with Gasteiger partial charge in [-0.15, -0.1) is 11.3 Å². The number of sulfonamides is 1. The molecule has 0 aromatic carbocycles. The Kier molecular flexibility index (Phi) is 6.40. The van der Waals surface area contributed by atoms with Crippen molar-refractivity contribution < 1.29 is 8.42 Å². The molecule has 0 spiro atoms. The standard InChI is InChI=1S/C15H28N2O2S2/c1-11(2)15(5,6)10-17-21(18,19)14-7-13(9-20-14)8-16-12(3)4/h7,9,11-12,16-17H,8,10H2,1-6H3. The minimum Gasteiger partial charge on any atom is -0.310 e. The van der Waals surface area contributed by atoms with Gasteiger partial charge in [-0.25, -0.2) is 13.1 Å². The Hall–Kier alpha value is -0.430. The van der Waals surface area contributed by atoms with Crippen molar-refractivity contribution in [2.45, 2.75) is 58.3 Å². The van der Waals surface area contributed by atoms with Gasteiger partial charge >= 0.3 is 0 Å². The predicted octanol–water partition coefficient (Wildman–Crippen LogP) is 3.21. The fraction of sp³-hybridized carbons (Fsp3) is 0.733. The van der Waals surface area contributed by atoms with Gasteiger partial charge < -0.3 is 5.32 Å². The van der Waals surface area contributed by atoms with E-state index in [0.29, 0.717) is 29.3 Å². The third kappa shape index (κ3) is 5.70. The van der Waals surface area contributed by atoms with Crippen molar-refractivity contribution in [3.63, 3.8) is 0 Å². The van der Waals surface area contributed by atoms with Crippen molar-refractivity contribution in [3.8, 4) is 0 Å². The molecule has 0 fully saturated rings. The molecule has 1 rings (SSSR count). The maximum atomic E-state index is 12.3. The molecule has 0 atom stereocenters. The third-order valence-electron chi connectivity index (χ3n) is 3.89. The average Bonchev–Trinajstić information content (AvgIpc) is 2.83. The smallest absolute Gasteiger partial charge is 0.250 e. The largest absolute Gasteiger partial charge is 0.310 e. The number of hydrogen-bond donors (Lipinski definition) is 2. The van der Waals surface area contributed by atoms with Crippen LogP contribution in [-0.2, 0) is 16.6 Å². The highest BCUT2D eigenvalue weighted by molar-refractivity contribution is 7.91. The van der Waals surface area contributed by atoms with Gasteiger partial charge in [-0.2, -0.15) is 0 Å². The summed E-state index contributed by atoms with van der Waals surface area (Å²) in [6.07, 6.45) is 0. The molecule has 2 N–H and O–H groups in total. The van der Waals surface area contributed by atoms with Gasteiger partial charge in [-0.05, 0) is 28.3 Å². The molecule has 0 bridgehead atoms. The van der Waals surface area contributed by atoms with Crippen LogP contribution >= 0.6 is 11.3 Å². The highest BCUT2D eigenvalue weighted by Gasteiger charge is 2.26. The fourth-order valence-corrected chi connectivity index (χ4v) is 3.94. The normalized spacial score (nSPS) is 13.3. The molecule has 0 unspecified atom stereocenters. The minimum atomic E-state index is -3.40. The van der Waals surface area contributed by atoms with E-state index in [9.17, 15) is 8.42 Å². The van der Waals surface area contributed by atoms with Gasteiger partial charge in [0, 0.05) is 19.1 Å². The first-order valence-electron chi connectivity index (χ1n) is 7.35. The molecular formula is C15H28N2O2S2. The second kappa shape index (κ2) is 7.22. The minimum absolute atomic E-state index is 0.0631. The number of thiophene rings is 1. The first kappa shape index (κ1) is 18.6. The lowest BCUT2D eigenvalue weighted by Crippen LogP contribution is -2.36. The predicted molar refractivity (Wildman–Crippen MR) is 90.1 cm³/mol.